The minimum atomic E-state index is 1.04. The third kappa shape index (κ3) is 18.4. The molecule has 0 radical (unpaired) electrons. The lowest BCUT2D eigenvalue weighted by molar-refractivity contribution is 0.954. The number of hydrogen-bond acceptors (Lipinski definition) is 0. The molecule has 0 aliphatic heterocycles. The third-order valence-corrected chi connectivity index (χ3v) is 3.05. The van der Waals surface area contributed by atoms with Gasteiger partial charge in [0.2, 0.25) is 0 Å². The molecule has 0 saturated carbocycles. The van der Waals surface area contributed by atoms with Crippen LogP contribution in [0.5, 0.6) is 0 Å². The molecule has 0 heterocycles. The van der Waals surface area contributed by atoms with Crippen LogP contribution < -0.4 is 0 Å². The predicted molar refractivity (Wildman–Crippen MR) is 103 cm³/mol. The third-order valence-electron chi connectivity index (χ3n) is 3.05. The fraction of sp³-hybridized carbons (Fsp3) is 0.455. The van der Waals surface area contributed by atoms with Gasteiger partial charge in [-0.1, -0.05) is 93.2 Å². The Kier molecular flexibility index (Phi) is 18.1. The van der Waals surface area contributed by atoms with Gasteiger partial charge < -0.3 is 0 Å². The molecule has 0 unspecified atom stereocenters. The summed E-state index contributed by atoms with van der Waals surface area (Å²) in [7, 11) is 0. The first-order valence-corrected chi connectivity index (χ1v) is 8.81. The molecule has 0 heteroatoms. The highest BCUT2D eigenvalue weighted by molar-refractivity contribution is 5.01. The van der Waals surface area contributed by atoms with Gasteiger partial charge in [0.25, 0.3) is 0 Å². The van der Waals surface area contributed by atoms with Crippen molar-refractivity contribution in [3.8, 4) is 0 Å². The maximum Gasteiger partial charge on any atom is -0.0169 e. The molecule has 0 aromatic carbocycles. The smallest absolute Gasteiger partial charge is 0.0169 e. The van der Waals surface area contributed by atoms with E-state index < -0.39 is 0 Å². The van der Waals surface area contributed by atoms with Crippen molar-refractivity contribution in [3.63, 3.8) is 0 Å². The van der Waals surface area contributed by atoms with Crippen molar-refractivity contribution in [1.29, 1.82) is 0 Å². The second kappa shape index (κ2) is 19.4. The van der Waals surface area contributed by atoms with E-state index in [0.717, 1.165) is 38.5 Å². The van der Waals surface area contributed by atoms with Gasteiger partial charge in [-0.05, 0) is 44.9 Å². The fourth-order valence-electron chi connectivity index (χ4n) is 1.81. The quantitative estimate of drug-likeness (QED) is 0.309. The number of unbranched alkanes of at least 4 members (excludes halogenated alkanes) is 1. The van der Waals surface area contributed by atoms with Crippen LogP contribution >= 0.6 is 0 Å². The van der Waals surface area contributed by atoms with Crippen molar-refractivity contribution in [2.45, 2.75) is 65.2 Å². The summed E-state index contributed by atoms with van der Waals surface area (Å²) in [6.45, 7) is 4.37. The lowest BCUT2D eigenvalue weighted by Gasteiger charge is -1.86. The van der Waals surface area contributed by atoms with Crippen LogP contribution in [-0.4, -0.2) is 0 Å². The lowest BCUT2D eigenvalue weighted by Crippen LogP contribution is -1.65. The highest BCUT2D eigenvalue weighted by Crippen LogP contribution is 1.97. The zero-order valence-corrected chi connectivity index (χ0v) is 14.6. The molecule has 22 heavy (non-hydrogen) atoms. The van der Waals surface area contributed by atoms with E-state index in [0.29, 0.717) is 0 Å². The van der Waals surface area contributed by atoms with E-state index in [1.54, 1.807) is 0 Å². The highest BCUT2D eigenvalue weighted by Gasteiger charge is 1.76. The summed E-state index contributed by atoms with van der Waals surface area (Å²) < 4.78 is 0. The first-order valence-electron chi connectivity index (χ1n) is 8.81. The Bertz CT molecular complexity index is 375. The van der Waals surface area contributed by atoms with E-state index in [1.165, 1.54) is 12.8 Å². The maximum atomic E-state index is 2.26. The molecule has 0 saturated heterocycles. The van der Waals surface area contributed by atoms with Gasteiger partial charge in [-0.25, -0.2) is 0 Å². The van der Waals surface area contributed by atoms with Gasteiger partial charge in [-0.2, -0.15) is 0 Å². The fourth-order valence-corrected chi connectivity index (χ4v) is 1.81. The van der Waals surface area contributed by atoms with Gasteiger partial charge in [-0.3, -0.25) is 0 Å². The molecule has 0 aliphatic rings. The monoisotopic (exact) mass is 298 g/mol. The molecule has 0 spiro atoms. The van der Waals surface area contributed by atoms with Crippen molar-refractivity contribution in [1.82, 2.24) is 0 Å². The van der Waals surface area contributed by atoms with Crippen molar-refractivity contribution in [2.75, 3.05) is 0 Å². The Labute approximate surface area is 138 Å². The second-order valence-corrected chi connectivity index (χ2v) is 5.20. The summed E-state index contributed by atoms with van der Waals surface area (Å²) >= 11 is 0. The molecule has 0 aromatic heterocycles. The maximum absolute atomic E-state index is 2.26. The summed E-state index contributed by atoms with van der Waals surface area (Å²) in [6, 6.07) is 0. The Morgan fingerprint density at radius 3 is 1.05 bits per heavy atom. The van der Waals surface area contributed by atoms with Crippen molar-refractivity contribution in [2.24, 2.45) is 0 Å². The first-order chi connectivity index (χ1) is 10.9. The van der Waals surface area contributed by atoms with E-state index in [9.17, 15) is 0 Å². The summed E-state index contributed by atoms with van der Waals surface area (Å²) in [5.41, 5.74) is 0. The van der Waals surface area contributed by atoms with Crippen molar-refractivity contribution in [3.05, 3.63) is 72.9 Å². The number of hydrogen-bond donors (Lipinski definition) is 0. The van der Waals surface area contributed by atoms with Crippen LogP contribution in [0.2, 0.25) is 0 Å². The molecule has 0 aliphatic carbocycles. The predicted octanol–water partition coefficient (Wildman–Crippen LogP) is 7.48. The van der Waals surface area contributed by atoms with Gasteiger partial charge >= 0.3 is 0 Å². The Morgan fingerprint density at radius 1 is 0.409 bits per heavy atom. The Hall–Kier alpha value is -1.56. The SMILES string of the molecule is CC/C=C\C/C=C\C/C=C\C/C=C\C/C=C\C/C=C\CCC. The first kappa shape index (κ1) is 20.4. The molecule has 0 rings (SSSR count). The second-order valence-electron chi connectivity index (χ2n) is 5.20. The van der Waals surface area contributed by atoms with Crippen LogP contribution in [0, 0.1) is 0 Å². The van der Waals surface area contributed by atoms with Crippen LogP contribution in [0.3, 0.4) is 0 Å². The molecule has 0 amide bonds. The van der Waals surface area contributed by atoms with Crippen LogP contribution in [0.4, 0.5) is 0 Å². The summed E-state index contributed by atoms with van der Waals surface area (Å²) in [4.78, 5) is 0. The average molecular weight is 299 g/mol. The molecule has 0 fully saturated rings. The summed E-state index contributed by atoms with van der Waals surface area (Å²) in [5.74, 6) is 0. The zero-order chi connectivity index (χ0) is 16.1. The Morgan fingerprint density at radius 2 is 0.727 bits per heavy atom. The summed E-state index contributed by atoms with van der Waals surface area (Å²) in [6.07, 6.45) is 35.6. The van der Waals surface area contributed by atoms with Crippen LogP contribution in [0.15, 0.2) is 72.9 Å². The van der Waals surface area contributed by atoms with Gasteiger partial charge in [0.15, 0.2) is 0 Å². The molecular weight excluding hydrogens is 264 g/mol. The summed E-state index contributed by atoms with van der Waals surface area (Å²) in [5, 5.41) is 0. The van der Waals surface area contributed by atoms with E-state index in [1.807, 2.05) is 0 Å². The van der Waals surface area contributed by atoms with E-state index in [4.69, 9.17) is 0 Å². The standard InChI is InChI=1S/C22H34/c1-3-5-7-9-11-13-15-17-19-21-22-20-18-16-14-12-10-8-6-4-2/h5,7-8,10-11,13-14,16-17,19-20,22H,3-4,6,9,12,15,18,21H2,1-2H3/b7-5-,10-8-,13-11-,16-14-,19-17-,22-20-. The molecule has 122 valence electrons. The molecule has 0 nitrogen and oxygen atoms in total. The van der Waals surface area contributed by atoms with Crippen molar-refractivity contribution >= 4 is 0 Å². The molecule has 0 atom stereocenters. The zero-order valence-electron chi connectivity index (χ0n) is 14.6. The Balaban J connectivity index is 3.48. The average Bonchev–Trinajstić information content (AvgIpc) is 2.54. The van der Waals surface area contributed by atoms with E-state index in [-0.39, 0.29) is 0 Å². The number of allylic oxidation sites excluding steroid dienone is 12. The highest BCUT2D eigenvalue weighted by atomic mass is 13.8. The minimum absolute atomic E-state index is 1.04. The van der Waals surface area contributed by atoms with Gasteiger partial charge in [0, 0.05) is 0 Å². The largest absolute Gasteiger partial charge is 0.0885 e. The normalized spacial score (nSPS) is 13.4. The van der Waals surface area contributed by atoms with E-state index in [2.05, 4.69) is 86.8 Å². The molecule has 0 aromatic rings. The van der Waals surface area contributed by atoms with Crippen LogP contribution in [-0.2, 0) is 0 Å². The van der Waals surface area contributed by atoms with Gasteiger partial charge in [0.1, 0.15) is 0 Å². The van der Waals surface area contributed by atoms with Crippen molar-refractivity contribution < 1.29 is 0 Å². The molecular formula is C22H34. The molecule has 0 bridgehead atoms. The van der Waals surface area contributed by atoms with Crippen LogP contribution in [0.1, 0.15) is 65.2 Å². The van der Waals surface area contributed by atoms with Gasteiger partial charge in [0.05, 0.1) is 0 Å². The van der Waals surface area contributed by atoms with Gasteiger partial charge in [-0.15, -0.1) is 0 Å². The minimum Gasteiger partial charge on any atom is -0.0885 e. The van der Waals surface area contributed by atoms with E-state index >= 15 is 0 Å². The molecule has 0 N–H and O–H groups in total. The number of rotatable bonds is 13. The topological polar surface area (TPSA) is 0 Å². The lowest BCUT2D eigenvalue weighted by atomic mass is 10.2. The van der Waals surface area contributed by atoms with Crippen LogP contribution in [0.25, 0.3) is 0 Å².